The van der Waals surface area contributed by atoms with Gasteiger partial charge in [-0.1, -0.05) is 36.4 Å². The van der Waals surface area contributed by atoms with Gasteiger partial charge in [0, 0.05) is 46.2 Å². The zero-order chi connectivity index (χ0) is 14.5. The second-order valence-electron chi connectivity index (χ2n) is 6.25. The molecule has 1 saturated carbocycles. The van der Waals surface area contributed by atoms with Gasteiger partial charge in [-0.2, -0.15) is 0 Å². The van der Waals surface area contributed by atoms with E-state index in [9.17, 15) is 0 Å². The molecule has 0 aliphatic heterocycles. The molecular weight excluding hydrogens is 268 g/mol. The van der Waals surface area contributed by atoms with E-state index in [-0.39, 0.29) is 0 Å². The molecule has 2 aliphatic rings. The van der Waals surface area contributed by atoms with Gasteiger partial charge >= 0.3 is 0 Å². The number of hydrogen-bond donors (Lipinski definition) is 1. The summed E-state index contributed by atoms with van der Waals surface area (Å²) in [5.41, 5.74) is 6.08. The first-order chi connectivity index (χ1) is 10.9. The van der Waals surface area contributed by atoms with Crippen molar-refractivity contribution in [3.8, 4) is 11.1 Å². The normalized spacial score (nSPS) is 22.5. The molecule has 22 heavy (non-hydrogen) atoms. The van der Waals surface area contributed by atoms with E-state index in [4.69, 9.17) is 0 Å². The molecule has 2 atom stereocenters. The highest BCUT2D eigenvalue weighted by atomic mass is 14.7. The van der Waals surface area contributed by atoms with Gasteiger partial charge in [0.05, 0.1) is 0 Å². The van der Waals surface area contributed by atoms with Crippen molar-refractivity contribution in [2.75, 3.05) is 0 Å². The third-order valence-corrected chi connectivity index (χ3v) is 4.78. The van der Waals surface area contributed by atoms with Crippen LogP contribution in [0.15, 0.2) is 67.2 Å². The van der Waals surface area contributed by atoms with Gasteiger partial charge < -0.3 is 4.98 Å². The van der Waals surface area contributed by atoms with Crippen molar-refractivity contribution in [2.24, 2.45) is 11.8 Å². The van der Waals surface area contributed by atoms with E-state index in [1.165, 1.54) is 39.6 Å². The number of pyridine rings is 1. The van der Waals surface area contributed by atoms with Gasteiger partial charge in [-0.25, -0.2) is 0 Å². The highest BCUT2D eigenvalue weighted by Crippen LogP contribution is 2.46. The van der Waals surface area contributed by atoms with Crippen molar-refractivity contribution in [1.82, 2.24) is 9.97 Å². The molecule has 2 nitrogen and oxygen atoms in total. The third kappa shape index (κ3) is 1.84. The molecule has 2 heterocycles. The number of nitrogens with one attached hydrogen (secondary N) is 1. The molecule has 0 saturated heterocycles. The number of H-pyrrole nitrogens is 1. The number of allylic oxidation sites excluding steroid dienone is 4. The Morgan fingerprint density at radius 3 is 2.91 bits per heavy atom. The fourth-order valence-corrected chi connectivity index (χ4v) is 3.41. The second kappa shape index (κ2) is 4.44. The SMILES string of the molecule is C1=CC2CC2C=C1c1cncc(-c2c[nH]c3ccccc23)c1. The quantitative estimate of drug-likeness (QED) is 0.718. The van der Waals surface area contributed by atoms with E-state index in [2.05, 4.69) is 64.7 Å². The Balaban J connectivity index is 1.61. The van der Waals surface area contributed by atoms with Crippen LogP contribution in [0, 0.1) is 11.8 Å². The van der Waals surface area contributed by atoms with Crippen LogP contribution in [-0.2, 0) is 0 Å². The first-order valence-corrected chi connectivity index (χ1v) is 7.80. The molecule has 1 aromatic carbocycles. The summed E-state index contributed by atoms with van der Waals surface area (Å²) in [7, 11) is 0. The molecule has 2 aromatic heterocycles. The van der Waals surface area contributed by atoms with Crippen molar-refractivity contribution in [3.63, 3.8) is 0 Å². The molecule has 0 bridgehead atoms. The Morgan fingerprint density at radius 1 is 1.05 bits per heavy atom. The van der Waals surface area contributed by atoms with Crippen LogP contribution < -0.4 is 0 Å². The van der Waals surface area contributed by atoms with E-state index in [0.717, 1.165) is 11.8 Å². The van der Waals surface area contributed by atoms with E-state index < -0.39 is 0 Å². The zero-order valence-corrected chi connectivity index (χ0v) is 12.2. The molecule has 106 valence electrons. The number of benzene rings is 1. The minimum absolute atomic E-state index is 0.761. The molecular formula is C20H16N2. The van der Waals surface area contributed by atoms with E-state index in [0.29, 0.717) is 0 Å². The number of nitrogens with zero attached hydrogens (tertiary/aromatic N) is 1. The van der Waals surface area contributed by atoms with Gasteiger partial charge in [0.1, 0.15) is 0 Å². The van der Waals surface area contributed by atoms with Gasteiger partial charge in [0.15, 0.2) is 0 Å². The lowest BCUT2D eigenvalue weighted by Gasteiger charge is -2.08. The van der Waals surface area contributed by atoms with Gasteiger partial charge in [-0.15, -0.1) is 0 Å². The maximum absolute atomic E-state index is 4.47. The van der Waals surface area contributed by atoms with Gasteiger partial charge in [-0.3, -0.25) is 4.98 Å². The predicted octanol–water partition coefficient (Wildman–Crippen LogP) is 4.82. The lowest BCUT2D eigenvalue weighted by atomic mass is 9.98. The highest BCUT2D eigenvalue weighted by Gasteiger charge is 2.35. The molecule has 0 spiro atoms. The maximum Gasteiger partial charge on any atom is 0.0460 e. The fraction of sp³-hybridized carbons (Fsp3) is 0.150. The Kier molecular flexibility index (Phi) is 2.42. The number of aromatic nitrogens is 2. The molecule has 5 rings (SSSR count). The monoisotopic (exact) mass is 284 g/mol. The van der Waals surface area contributed by atoms with Crippen molar-refractivity contribution in [2.45, 2.75) is 6.42 Å². The van der Waals surface area contributed by atoms with Crippen molar-refractivity contribution in [1.29, 1.82) is 0 Å². The Hall–Kier alpha value is -2.61. The molecule has 2 heteroatoms. The Bertz CT molecular complexity index is 930. The summed E-state index contributed by atoms with van der Waals surface area (Å²) in [6.45, 7) is 0. The van der Waals surface area contributed by atoms with Gasteiger partial charge in [-0.05, 0) is 36.0 Å². The van der Waals surface area contributed by atoms with Crippen LogP contribution in [0.5, 0.6) is 0 Å². The first-order valence-electron chi connectivity index (χ1n) is 7.80. The molecule has 3 aromatic rings. The number of fused-ring (bicyclic) bond motifs is 2. The molecule has 1 N–H and O–H groups in total. The number of hydrogen-bond acceptors (Lipinski definition) is 1. The summed E-state index contributed by atoms with van der Waals surface area (Å²) in [5, 5.41) is 1.25. The summed E-state index contributed by atoms with van der Waals surface area (Å²) >= 11 is 0. The lowest BCUT2D eigenvalue weighted by Crippen LogP contribution is -1.90. The Labute approximate surface area is 129 Å². The summed E-state index contributed by atoms with van der Waals surface area (Å²) < 4.78 is 0. The van der Waals surface area contributed by atoms with E-state index in [1.807, 2.05) is 12.4 Å². The summed E-state index contributed by atoms with van der Waals surface area (Å²) in [6.07, 6.45) is 14.3. The third-order valence-electron chi connectivity index (χ3n) is 4.78. The van der Waals surface area contributed by atoms with Gasteiger partial charge in [0.25, 0.3) is 0 Å². The molecule has 2 unspecified atom stereocenters. The van der Waals surface area contributed by atoms with Crippen LogP contribution in [0.4, 0.5) is 0 Å². The first kappa shape index (κ1) is 12.0. The minimum Gasteiger partial charge on any atom is -0.361 e. The van der Waals surface area contributed by atoms with Crippen LogP contribution in [0.1, 0.15) is 12.0 Å². The van der Waals surface area contributed by atoms with Crippen LogP contribution in [-0.4, -0.2) is 9.97 Å². The lowest BCUT2D eigenvalue weighted by molar-refractivity contribution is 0.984. The molecule has 2 aliphatic carbocycles. The zero-order valence-electron chi connectivity index (χ0n) is 12.2. The predicted molar refractivity (Wildman–Crippen MR) is 90.2 cm³/mol. The van der Waals surface area contributed by atoms with E-state index >= 15 is 0 Å². The molecule has 0 amide bonds. The average molecular weight is 284 g/mol. The maximum atomic E-state index is 4.47. The smallest absolute Gasteiger partial charge is 0.0460 e. The summed E-state index contributed by atoms with van der Waals surface area (Å²) in [6, 6.07) is 10.7. The van der Waals surface area contributed by atoms with Crippen molar-refractivity contribution >= 4 is 16.5 Å². The van der Waals surface area contributed by atoms with E-state index in [1.54, 1.807) is 0 Å². The van der Waals surface area contributed by atoms with Gasteiger partial charge in [0.2, 0.25) is 0 Å². The van der Waals surface area contributed by atoms with Crippen molar-refractivity contribution in [3.05, 3.63) is 72.7 Å². The Morgan fingerprint density at radius 2 is 1.95 bits per heavy atom. The number of rotatable bonds is 2. The molecule has 0 radical (unpaired) electrons. The van der Waals surface area contributed by atoms with Crippen LogP contribution >= 0.6 is 0 Å². The van der Waals surface area contributed by atoms with Crippen LogP contribution in [0.2, 0.25) is 0 Å². The summed E-state index contributed by atoms with van der Waals surface area (Å²) in [5.74, 6) is 1.56. The standard InChI is InChI=1S/C20H16N2/c1-2-4-20-18(3-1)19(12-22-20)17-9-16(10-21-11-17)14-6-5-13-7-15(13)8-14/h1-6,8-13,15,22H,7H2. The minimum atomic E-state index is 0.761. The van der Waals surface area contributed by atoms with Crippen LogP contribution in [0.25, 0.3) is 27.6 Å². The van der Waals surface area contributed by atoms with Crippen molar-refractivity contribution < 1.29 is 0 Å². The fourth-order valence-electron chi connectivity index (χ4n) is 3.41. The highest BCUT2D eigenvalue weighted by molar-refractivity contribution is 5.95. The topological polar surface area (TPSA) is 28.7 Å². The molecule has 1 fully saturated rings. The van der Waals surface area contributed by atoms with Crippen LogP contribution in [0.3, 0.4) is 0 Å². The number of para-hydroxylation sites is 1. The largest absolute Gasteiger partial charge is 0.361 e. The average Bonchev–Trinajstić information content (AvgIpc) is 3.23. The number of aromatic amines is 1. The summed E-state index contributed by atoms with van der Waals surface area (Å²) in [4.78, 5) is 7.82. The second-order valence-corrected chi connectivity index (χ2v) is 6.25.